The third-order valence-corrected chi connectivity index (χ3v) is 6.10. The first-order valence-corrected chi connectivity index (χ1v) is 10.7. The van der Waals surface area contributed by atoms with Crippen molar-refractivity contribution in [3.05, 3.63) is 23.3 Å². The van der Waals surface area contributed by atoms with Crippen LogP contribution < -0.4 is 0 Å². The minimum Gasteiger partial charge on any atom is -0.342 e. The second kappa shape index (κ2) is 8.85. The third kappa shape index (κ3) is 4.97. The number of piperidine rings is 1. The molecule has 0 radical (unpaired) electrons. The summed E-state index contributed by atoms with van der Waals surface area (Å²) in [6.45, 7) is 5.70. The SMILES string of the molecule is Cc1cc(C)nc(SCc2nnc(SCC(=O)N3CCCCC3)n2C)n1. The Morgan fingerprint density at radius 2 is 1.77 bits per heavy atom. The fraction of sp³-hybridized carbons (Fsp3) is 0.588. The second-order valence-corrected chi connectivity index (χ2v) is 8.29. The summed E-state index contributed by atoms with van der Waals surface area (Å²) < 4.78 is 1.95. The van der Waals surface area contributed by atoms with Gasteiger partial charge in [-0.15, -0.1) is 10.2 Å². The highest BCUT2D eigenvalue weighted by Gasteiger charge is 2.18. The average molecular weight is 393 g/mol. The molecule has 1 aliphatic rings. The first kappa shape index (κ1) is 19.2. The highest BCUT2D eigenvalue weighted by atomic mass is 32.2. The van der Waals surface area contributed by atoms with E-state index in [4.69, 9.17) is 0 Å². The van der Waals surface area contributed by atoms with Gasteiger partial charge in [0.15, 0.2) is 10.3 Å². The fourth-order valence-electron chi connectivity index (χ4n) is 2.84. The van der Waals surface area contributed by atoms with Crippen molar-refractivity contribution < 1.29 is 4.79 Å². The van der Waals surface area contributed by atoms with E-state index in [9.17, 15) is 4.79 Å². The molecule has 26 heavy (non-hydrogen) atoms. The predicted octanol–water partition coefficient (Wildman–Crippen LogP) is 2.62. The van der Waals surface area contributed by atoms with Crippen molar-refractivity contribution in [3.8, 4) is 0 Å². The van der Waals surface area contributed by atoms with Gasteiger partial charge in [-0.25, -0.2) is 9.97 Å². The predicted molar refractivity (Wildman–Crippen MR) is 103 cm³/mol. The molecule has 1 fully saturated rings. The molecule has 140 valence electrons. The highest BCUT2D eigenvalue weighted by Crippen LogP contribution is 2.22. The van der Waals surface area contributed by atoms with Crippen LogP contribution in [0.1, 0.15) is 36.5 Å². The van der Waals surface area contributed by atoms with Gasteiger partial charge in [0, 0.05) is 31.5 Å². The molecule has 7 nitrogen and oxygen atoms in total. The van der Waals surface area contributed by atoms with E-state index in [0.717, 1.165) is 53.5 Å². The normalized spacial score (nSPS) is 14.7. The van der Waals surface area contributed by atoms with Crippen LogP contribution in [0.25, 0.3) is 0 Å². The van der Waals surface area contributed by atoms with E-state index < -0.39 is 0 Å². The smallest absolute Gasteiger partial charge is 0.233 e. The van der Waals surface area contributed by atoms with Gasteiger partial charge in [-0.2, -0.15) is 0 Å². The quantitative estimate of drug-likeness (QED) is 0.552. The number of aromatic nitrogens is 5. The summed E-state index contributed by atoms with van der Waals surface area (Å²) in [5, 5.41) is 10.0. The number of amides is 1. The van der Waals surface area contributed by atoms with E-state index in [1.54, 1.807) is 11.8 Å². The van der Waals surface area contributed by atoms with Crippen molar-refractivity contribution in [3.63, 3.8) is 0 Å². The number of nitrogens with zero attached hydrogens (tertiary/aromatic N) is 6. The number of carbonyl (C=O) groups excluding carboxylic acids is 1. The van der Waals surface area contributed by atoms with E-state index >= 15 is 0 Å². The highest BCUT2D eigenvalue weighted by molar-refractivity contribution is 7.99. The van der Waals surface area contributed by atoms with Crippen LogP contribution in [0, 0.1) is 13.8 Å². The Morgan fingerprint density at radius 3 is 2.46 bits per heavy atom. The third-order valence-electron chi connectivity index (χ3n) is 4.25. The van der Waals surface area contributed by atoms with Crippen molar-refractivity contribution in [2.75, 3.05) is 18.8 Å². The number of hydrogen-bond donors (Lipinski definition) is 0. The Balaban J connectivity index is 1.54. The zero-order valence-corrected chi connectivity index (χ0v) is 17.1. The van der Waals surface area contributed by atoms with Gasteiger partial charge >= 0.3 is 0 Å². The van der Waals surface area contributed by atoms with Crippen molar-refractivity contribution in [1.82, 2.24) is 29.6 Å². The van der Waals surface area contributed by atoms with E-state index in [1.165, 1.54) is 18.2 Å². The molecule has 9 heteroatoms. The zero-order chi connectivity index (χ0) is 18.5. The first-order chi connectivity index (χ1) is 12.5. The molecular weight excluding hydrogens is 368 g/mol. The summed E-state index contributed by atoms with van der Waals surface area (Å²) in [6.07, 6.45) is 3.45. The molecule has 0 bridgehead atoms. The van der Waals surface area contributed by atoms with Crippen molar-refractivity contribution >= 4 is 29.4 Å². The van der Waals surface area contributed by atoms with Crippen LogP contribution in [0.4, 0.5) is 0 Å². The van der Waals surface area contributed by atoms with E-state index in [-0.39, 0.29) is 5.91 Å². The average Bonchev–Trinajstić information content (AvgIpc) is 2.98. The first-order valence-electron chi connectivity index (χ1n) is 8.77. The lowest BCUT2D eigenvalue weighted by atomic mass is 10.1. The largest absolute Gasteiger partial charge is 0.342 e. The molecule has 0 unspecified atom stereocenters. The molecule has 0 aliphatic carbocycles. The maximum Gasteiger partial charge on any atom is 0.233 e. The molecule has 1 amide bonds. The van der Waals surface area contributed by atoms with Gasteiger partial charge in [0.1, 0.15) is 5.82 Å². The van der Waals surface area contributed by atoms with Gasteiger partial charge < -0.3 is 9.47 Å². The molecule has 0 aromatic carbocycles. The topological polar surface area (TPSA) is 76.8 Å². The van der Waals surface area contributed by atoms with Crippen LogP contribution in [0.3, 0.4) is 0 Å². The summed E-state index contributed by atoms with van der Waals surface area (Å²) in [7, 11) is 1.94. The Labute approximate surface area is 162 Å². The van der Waals surface area contributed by atoms with Gasteiger partial charge in [-0.05, 0) is 39.2 Å². The Hall–Kier alpha value is -1.61. The lowest BCUT2D eigenvalue weighted by Crippen LogP contribution is -2.36. The summed E-state index contributed by atoms with van der Waals surface area (Å²) in [6, 6.07) is 1.96. The van der Waals surface area contributed by atoms with Crippen LogP contribution >= 0.6 is 23.5 Å². The summed E-state index contributed by atoms with van der Waals surface area (Å²) >= 11 is 3.00. The van der Waals surface area contributed by atoms with Gasteiger partial charge in [0.25, 0.3) is 0 Å². The van der Waals surface area contributed by atoms with Crippen LogP contribution in [0.2, 0.25) is 0 Å². The summed E-state index contributed by atoms with van der Waals surface area (Å²) in [5.74, 6) is 2.11. The maximum atomic E-state index is 12.3. The lowest BCUT2D eigenvalue weighted by molar-refractivity contribution is -0.129. The van der Waals surface area contributed by atoms with Crippen molar-refractivity contribution in [2.24, 2.45) is 7.05 Å². The molecule has 0 atom stereocenters. The zero-order valence-electron chi connectivity index (χ0n) is 15.4. The number of carbonyl (C=O) groups is 1. The molecule has 0 spiro atoms. The van der Waals surface area contributed by atoms with Crippen molar-refractivity contribution in [2.45, 2.75) is 49.2 Å². The van der Waals surface area contributed by atoms with E-state index in [1.807, 2.05) is 36.4 Å². The summed E-state index contributed by atoms with van der Waals surface area (Å²) in [5.41, 5.74) is 1.93. The molecule has 1 saturated heterocycles. The fourth-order valence-corrected chi connectivity index (χ4v) is 4.60. The van der Waals surface area contributed by atoms with Gasteiger partial charge in [0.2, 0.25) is 5.91 Å². The monoisotopic (exact) mass is 392 g/mol. The number of aryl methyl sites for hydroxylation is 2. The molecule has 1 aliphatic heterocycles. The van der Waals surface area contributed by atoms with Crippen LogP contribution in [-0.2, 0) is 17.6 Å². The Bertz CT molecular complexity index is 752. The minimum atomic E-state index is 0.192. The molecule has 2 aromatic rings. The minimum absolute atomic E-state index is 0.192. The molecule has 3 rings (SSSR count). The lowest BCUT2D eigenvalue weighted by Gasteiger charge is -2.26. The van der Waals surface area contributed by atoms with Gasteiger partial charge in [-0.1, -0.05) is 23.5 Å². The van der Waals surface area contributed by atoms with E-state index in [0.29, 0.717) is 11.5 Å². The Kier molecular flexibility index (Phi) is 6.53. The number of rotatable bonds is 6. The molecular formula is C17H24N6OS2. The van der Waals surface area contributed by atoms with Gasteiger partial charge in [0.05, 0.1) is 11.5 Å². The number of thioether (sulfide) groups is 2. The standard InChI is InChI=1S/C17H24N6OS2/c1-12-9-13(2)19-16(18-12)25-10-14-20-21-17(22(14)3)26-11-15(24)23-7-5-4-6-8-23/h9H,4-8,10-11H2,1-3H3. The van der Waals surface area contributed by atoms with Gasteiger partial charge in [-0.3, -0.25) is 4.79 Å². The summed E-state index contributed by atoms with van der Waals surface area (Å²) in [4.78, 5) is 23.1. The molecule has 0 N–H and O–H groups in total. The van der Waals surface area contributed by atoms with Crippen molar-refractivity contribution in [1.29, 1.82) is 0 Å². The maximum absolute atomic E-state index is 12.3. The van der Waals surface area contributed by atoms with Crippen LogP contribution in [-0.4, -0.2) is 54.4 Å². The van der Waals surface area contributed by atoms with E-state index in [2.05, 4.69) is 20.2 Å². The number of likely N-dealkylation sites (tertiary alicyclic amines) is 1. The van der Waals surface area contributed by atoms with Crippen LogP contribution in [0.5, 0.6) is 0 Å². The molecule has 2 aromatic heterocycles. The van der Waals surface area contributed by atoms with Crippen LogP contribution in [0.15, 0.2) is 16.4 Å². The second-order valence-electron chi connectivity index (χ2n) is 6.41. The molecule has 3 heterocycles. The Morgan fingerprint density at radius 1 is 1.08 bits per heavy atom. The molecule has 0 saturated carbocycles. The number of hydrogen-bond acceptors (Lipinski definition) is 7.